The summed E-state index contributed by atoms with van der Waals surface area (Å²) in [4.78, 5) is 3.92. The zero-order valence-corrected chi connectivity index (χ0v) is 10.3. The summed E-state index contributed by atoms with van der Waals surface area (Å²) in [6, 6.07) is 8.04. The monoisotopic (exact) mass is 270 g/mol. The van der Waals surface area contributed by atoms with Crippen LogP contribution in [0.25, 0.3) is 0 Å². The molecule has 0 atom stereocenters. The highest BCUT2D eigenvalue weighted by Gasteiger charge is 2.02. The molecule has 0 aliphatic carbocycles. The van der Waals surface area contributed by atoms with Gasteiger partial charge in [-0.15, -0.1) is 0 Å². The van der Waals surface area contributed by atoms with Crippen molar-refractivity contribution in [2.24, 2.45) is 0 Å². The summed E-state index contributed by atoms with van der Waals surface area (Å²) < 4.78 is 13.5. The van der Waals surface area contributed by atoms with Crippen molar-refractivity contribution in [1.82, 2.24) is 4.98 Å². The third-order valence-corrected chi connectivity index (χ3v) is 2.68. The molecule has 2 aromatic rings. The topological polar surface area (TPSA) is 24.9 Å². The van der Waals surface area contributed by atoms with E-state index in [-0.39, 0.29) is 5.82 Å². The van der Waals surface area contributed by atoms with E-state index in [4.69, 9.17) is 23.2 Å². The second kappa shape index (κ2) is 5.34. The molecule has 1 heterocycles. The zero-order chi connectivity index (χ0) is 12.3. The van der Waals surface area contributed by atoms with E-state index in [1.165, 1.54) is 6.07 Å². The lowest BCUT2D eigenvalue weighted by molar-refractivity contribution is 0.613. The van der Waals surface area contributed by atoms with Crippen LogP contribution in [0.2, 0.25) is 10.2 Å². The Hall–Kier alpha value is -1.32. The fourth-order valence-electron chi connectivity index (χ4n) is 1.34. The average molecular weight is 271 g/mol. The molecule has 0 bridgehead atoms. The third-order valence-electron chi connectivity index (χ3n) is 2.23. The Balaban J connectivity index is 2.04. The first kappa shape index (κ1) is 12.1. The van der Waals surface area contributed by atoms with Crippen molar-refractivity contribution < 1.29 is 4.39 Å². The molecule has 0 radical (unpaired) electrons. The molecule has 17 heavy (non-hydrogen) atoms. The molecule has 0 aliphatic rings. The molecular weight excluding hydrogens is 262 g/mol. The van der Waals surface area contributed by atoms with Gasteiger partial charge in [0.1, 0.15) is 11.0 Å². The highest BCUT2D eigenvalue weighted by atomic mass is 35.5. The van der Waals surface area contributed by atoms with Gasteiger partial charge in [-0.1, -0.05) is 29.3 Å². The third kappa shape index (κ3) is 3.32. The lowest BCUT2D eigenvalue weighted by Crippen LogP contribution is -2.01. The first-order valence-electron chi connectivity index (χ1n) is 4.94. The molecular formula is C12H9Cl2FN2. The minimum Gasteiger partial charge on any atom is -0.380 e. The van der Waals surface area contributed by atoms with Crippen LogP contribution in [-0.4, -0.2) is 4.98 Å². The fourth-order valence-corrected chi connectivity index (χ4v) is 1.61. The summed E-state index contributed by atoms with van der Waals surface area (Å²) in [7, 11) is 0. The highest BCUT2D eigenvalue weighted by Crippen LogP contribution is 2.16. The number of nitrogens with zero attached hydrogens (tertiary/aromatic N) is 1. The van der Waals surface area contributed by atoms with Gasteiger partial charge in [-0.3, -0.25) is 0 Å². The van der Waals surface area contributed by atoms with E-state index in [1.807, 2.05) is 0 Å². The quantitative estimate of drug-likeness (QED) is 0.848. The summed E-state index contributed by atoms with van der Waals surface area (Å²) in [5.74, 6) is -0.327. The number of aromatic nitrogens is 1. The maximum absolute atomic E-state index is 13.5. The van der Waals surface area contributed by atoms with E-state index in [0.717, 1.165) is 5.69 Å². The van der Waals surface area contributed by atoms with Crippen molar-refractivity contribution in [1.29, 1.82) is 0 Å². The molecule has 0 unspecified atom stereocenters. The van der Waals surface area contributed by atoms with Crippen LogP contribution in [0.1, 0.15) is 5.56 Å². The van der Waals surface area contributed by atoms with Gasteiger partial charge in [-0.25, -0.2) is 9.37 Å². The van der Waals surface area contributed by atoms with E-state index in [1.54, 1.807) is 30.5 Å². The lowest BCUT2D eigenvalue weighted by Gasteiger charge is -2.07. The van der Waals surface area contributed by atoms with Crippen LogP contribution in [0.4, 0.5) is 10.1 Å². The summed E-state index contributed by atoms with van der Waals surface area (Å²) >= 11 is 11.3. The van der Waals surface area contributed by atoms with Crippen LogP contribution in [-0.2, 0) is 6.54 Å². The number of rotatable bonds is 3. The number of halogens is 3. The SMILES string of the molecule is Fc1cc(Cl)ccc1CNc1ccc(Cl)nc1. The molecule has 2 nitrogen and oxygen atoms in total. The van der Waals surface area contributed by atoms with Crippen molar-refractivity contribution in [2.75, 3.05) is 5.32 Å². The minimum absolute atomic E-state index is 0.327. The molecule has 1 aromatic carbocycles. The van der Waals surface area contributed by atoms with Crippen LogP contribution in [0, 0.1) is 5.82 Å². The number of hydrogen-bond donors (Lipinski definition) is 1. The fraction of sp³-hybridized carbons (Fsp3) is 0.0833. The molecule has 0 fully saturated rings. The molecule has 0 aliphatic heterocycles. The highest BCUT2D eigenvalue weighted by molar-refractivity contribution is 6.30. The maximum Gasteiger partial charge on any atom is 0.129 e. The molecule has 0 saturated heterocycles. The summed E-state index contributed by atoms with van der Waals surface area (Å²) in [6.07, 6.45) is 1.59. The Bertz CT molecular complexity index is 514. The molecule has 0 saturated carbocycles. The van der Waals surface area contributed by atoms with Crippen molar-refractivity contribution in [3.05, 3.63) is 58.1 Å². The Morgan fingerprint density at radius 1 is 1.18 bits per heavy atom. The zero-order valence-electron chi connectivity index (χ0n) is 8.75. The van der Waals surface area contributed by atoms with Gasteiger partial charge in [0.2, 0.25) is 0 Å². The van der Waals surface area contributed by atoms with Gasteiger partial charge in [0.05, 0.1) is 11.9 Å². The van der Waals surface area contributed by atoms with Gasteiger partial charge in [-0.2, -0.15) is 0 Å². The number of anilines is 1. The number of hydrogen-bond acceptors (Lipinski definition) is 2. The Labute approximate surface area is 108 Å². The van der Waals surface area contributed by atoms with Gasteiger partial charge in [0.15, 0.2) is 0 Å². The van der Waals surface area contributed by atoms with E-state index >= 15 is 0 Å². The Morgan fingerprint density at radius 3 is 2.65 bits per heavy atom. The van der Waals surface area contributed by atoms with Gasteiger partial charge in [0.25, 0.3) is 0 Å². The van der Waals surface area contributed by atoms with E-state index < -0.39 is 0 Å². The van der Waals surface area contributed by atoms with Gasteiger partial charge in [-0.05, 0) is 24.3 Å². The van der Waals surface area contributed by atoms with Crippen LogP contribution in [0.5, 0.6) is 0 Å². The van der Waals surface area contributed by atoms with E-state index in [9.17, 15) is 4.39 Å². The largest absolute Gasteiger partial charge is 0.380 e. The second-order valence-corrected chi connectivity index (χ2v) is 4.28. The van der Waals surface area contributed by atoms with Crippen LogP contribution < -0.4 is 5.32 Å². The molecule has 0 spiro atoms. The number of pyridine rings is 1. The molecule has 0 amide bonds. The average Bonchev–Trinajstić information content (AvgIpc) is 2.30. The first-order chi connectivity index (χ1) is 8.15. The molecule has 1 aromatic heterocycles. The normalized spacial score (nSPS) is 10.3. The first-order valence-corrected chi connectivity index (χ1v) is 5.70. The van der Waals surface area contributed by atoms with Gasteiger partial charge in [0, 0.05) is 17.1 Å². The maximum atomic E-state index is 13.5. The van der Waals surface area contributed by atoms with Gasteiger partial charge < -0.3 is 5.32 Å². The lowest BCUT2D eigenvalue weighted by atomic mass is 10.2. The van der Waals surface area contributed by atoms with Crippen LogP contribution >= 0.6 is 23.2 Å². The smallest absolute Gasteiger partial charge is 0.129 e. The Morgan fingerprint density at radius 2 is 2.00 bits per heavy atom. The number of nitrogens with one attached hydrogen (secondary N) is 1. The molecule has 88 valence electrons. The van der Waals surface area contributed by atoms with Crippen molar-refractivity contribution in [3.63, 3.8) is 0 Å². The minimum atomic E-state index is -0.327. The summed E-state index contributed by atoms with van der Waals surface area (Å²) in [5, 5.41) is 3.86. The van der Waals surface area contributed by atoms with Crippen LogP contribution in [0.3, 0.4) is 0 Å². The number of benzene rings is 1. The van der Waals surface area contributed by atoms with Gasteiger partial charge >= 0.3 is 0 Å². The van der Waals surface area contributed by atoms with Crippen molar-refractivity contribution in [3.8, 4) is 0 Å². The van der Waals surface area contributed by atoms with E-state index in [0.29, 0.717) is 22.3 Å². The van der Waals surface area contributed by atoms with Crippen molar-refractivity contribution in [2.45, 2.75) is 6.54 Å². The van der Waals surface area contributed by atoms with Crippen LogP contribution in [0.15, 0.2) is 36.5 Å². The predicted octanol–water partition coefficient (Wildman–Crippen LogP) is 4.14. The standard InChI is InChI=1S/C12H9Cl2FN2/c13-9-2-1-8(11(15)5-9)6-16-10-3-4-12(14)17-7-10/h1-5,7,16H,6H2. The molecule has 5 heteroatoms. The van der Waals surface area contributed by atoms with E-state index in [2.05, 4.69) is 10.3 Å². The molecule has 2 rings (SSSR count). The summed E-state index contributed by atoms with van der Waals surface area (Å²) in [5.41, 5.74) is 1.33. The van der Waals surface area contributed by atoms with Crippen molar-refractivity contribution >= 4 is 28.9 Å². The second-order valence-electron chi connectivity index (χ2n) is 3.46. The Kier molecular flexibility index (Phi) is 3.82. The summed E-state index contributed by atoms with van der Waals surface area (Å²) in [6.45, 7) is 0.367. The molecule has 1 N–H and O–H groups in total. The predicted molar refractivity (Wildman–Crippen MR) is 68.0 cm³/mol.